The minimum Gasteiger partial charge on any atom is -0.374 e. The molecule has 1 N–H and O–H groups in total. The van der Waals surface area contributed by atoms with Crippen molar-refractivity contribution in [3.63, 3.8) is 0 Å². The number of halogens is 3. The molecule has 0 aliphatic heterocycles. The highest BCUT2D eigenvalue weighted by Gasteiger charge is 2.15. The fourth-order valence-corrected chi connectivity index (χ4v) is 1.75. The zero-order chi connectivity index (χ0) is 15.4. The largest absolute Gasteiger partial charge is 0.374 e. The molecule has 0 saturated heterocycles. The summed E-state index contributed by atoms with van der Waals surface area (Å²) in [5.41, 5.74) is 0.416. The molecule has 0 aromatic heterocycles. The number of nitrogens with one attached hydrogen (secondary N) is 1. The number of carbonyl (C=O) groups excluding carboxylic acids is 1. The zero-order valence-corrected chi connectivity index (χ0v) is 11.2. The van der Waals surface area contributed by atoms with Gasteiger partial charge in [0.05, 0.1) is 12.2 Å². The molecule has 0 unspecified atom stereocenters. The van der Waals surface area contributed by atoms with Crippen LogP contribution in [0.1, 0.15) is 0 Å². The molecule has 0 saturated carbocycles. The van der Waals surface area contributed by atoms with E-state index >= 15 is 0 Å². The zero-order valence-electron chi connectivity index (χ0n) is 11.2. The van der Waals surface area contributed by atoms with Crippen molar-refractivity contribution in [2.24, 2.45) is 0 Å². The summed E-state index contributed by atoms with van der Waals surface area (Å²) in [7, 11) is 1.57. The van der Waals surface area contributed by atoms with E-state index < -0.39 is 17.5 Å². The quantitative estimate of drug-likeness (QED) is 0.878. The molecular weight excluding hydrogens is 281 g/mol. The van der Waals surface area contributed by atoms with E-state index in [1.807, 2.05) is 6.07 Å². The Balaban J connectivity index is 2.03. The number of carbonyl (C=O) groups is 1. The minimum absolute atomic E-state index is 0.243. The average molecular weight is 294 g/mol. The molecule has 2 aromatic rings. The normalized spacial score (nSPS) is 10.3. The van der Waals surface area contributed by atoms with Crippen molar-refractivity contribution in [2.75, 3.05) is 23.8 Å². The van der Waals surface area contributed by atoms with Crippen LogP contribution in [0.25, 0.3) is 0 Å². The lowest BCUT2D eigenvalue weighted by atomic mass is 10.2. The maximum Gasteiger partial charge on any atom is 0.246 e. The molecule has 0 atom stereocenters. The van der Waals surface area contributed by atoms with E-state index in [0.29, 0.717) is 5.69 Å². The number of hydrogen-bond donors (Lipinski definition) is 1. The van der Waals surface area contributed by atoms with Gasteiger partial charge < -0.3 is 10.2 Å². The van der Waals surface area contributed by atoms with Crippen molar-refractivity contribution in [1.82, 2.24) is 0 Å². The van der Waals surface area contributed by atoms with Gasteiger partial charge in [-0.05, 0) is 24.3 Å². The maximum atomic E-state index is 13.4. The number of hydrogen-bond acceptors (Lipinski definition) is 2. The number of rotatable bonds is 4. The van der Waals surface area contributed by atoms with E-state index in [1.54, 1.807) is 31.3 Å². The molecular formula is C15H13F3N2O. The summed E-state index contributed by atoms with van der Waals surface area (Å²) >= 11 is 0. The van der Waals surface area contributed by atoms with Gasteiger partial charge in [0.25, 0.3) is 0 Å². The molecule has 0 aliphatic rings. The van der Waals surface area contributed by atoms with Crippen molar-refractivity contribution >= 4 is 17.3 Å². The lowest BCUT2D eigenvalue weighted by Gasteiger charge is -2.18. The van der Waals surface area contributed by atoms with Gasteiger partial charge in [-0.2, -0.15) is 0 Å². The monoisotopic (exact) mass is 294 g/mol. The SMILES string of the molecule is CN(C(=O)CNc1ccc(F)c(F)c1F)c1ccccc1. The van der Waals surface area contributed by atoms with Crippen molar-refractivity contribution in [2.45, 2.75) is 0 Å². The summed E-state index contributed by atoms with van der Waals surface area (Å²) in [5, 5.41) is 2.46. The molecule has 0 bridgehead atoms. The van der Waals surface area contributed by atoms with Gasteiger partial charge in [-0.15, -0.1) is 0 Å². The van der Waals surface area contributed by atoms with Crippen LogP contribution in [0, 0.1) is 17.5 Å². The molecule has 1 amide bonds. The molecule has 2 aromatic carbocycles. The van der Waals surface area contributed by atoms with E-state index in [9.17, 15) is 18.0 Å². The van der Waals surface area contributed by atoms with Crippen LogP contribution in [0.5, 0.6) is 0 Å². The number of anilines is 2. The van der Waals surface area contributed by atoms with Gasteiger partial charge in [-0.25, -0.2) is 13.2 Å². The van der Waals surface area contributed by atoms with Gasteiger partial charge in [-0.1, -0.05) is 18.2 Å². The highest BCUT2D eigenvalue weighted by atomic mass is 19.2. The molecule has 0 aliphatic carbocycles. The van der Waals surface area contributed by atoms with Crippen LogP contribution >= 0.6 is 0 Å². The Morgan fingerprint density at radius 2 is 1.71 bits per heavy atom. The summed E-state index contributed by atoms with van der Waals surface area (Å²) in [5.74, 6) is -4.52. The number of nitrogens with zero attached hydrogens (tertiary/aromatic N) is 1. The number of likely N-dealkylation sites (N-methyl/N-ethyl adjacent to an activating group) is 1. The molecule has 6 heteroatoms. The Bertz CT molecular complexity index is 647. The minimum atomic E-state index is -1.57. The molecule has 0 fully saturated rings. The Morgan fingerprint density at radius 3 is 2.38 bits per heavy atom. The van der Waals surface area contributed by atoms with Crippen molar-refractivity contribution in [1.29, 1.82) is 0 Å². The second kappa shape index (κ2) is 6.30. The summed E-state index contributed by atoms with van der Waals surface area (Å²) in [4.78, 5) is 13.3. The molecule has 3 nitrogen and oxygen atoms in total. The van der Waals surface area contributed by atoms with Crippen molar-refractivity contribution < 1.29 is 18.0 Å². The topological polar surface area (TPSA) is 32.3 Å². The lowest BCUT2D eigenvalue weighted by Crippen LogP contribution is -2.32. The van der Waals surface area contributed by atoms with Gasteiger partial charge in [0, 0.05) is 12.7 Å². The maximum absolute atomic E-state index is 13.4. The van der Waals surface area contributed by atoms with Gasteiger partial charge in [0.2, 0.25) is 5.91 Å². The molecule has 0 spiro atoms. The molecule has 2 rings (SSSR count). The predicted molar refractivity (Wildman–Crippen MR) is 74.7 cm³/mol. The molecule has 21 heavy (non-hydrogen) atoms. The third kappa shape index (κ3) is 3.34. The molecule has 110 valence electrons. The van der Waals surface area contributed by atoms with Crippen LogP contribution in [0.15, 0.2) is 42.5 Å². The Kier molecular flexibility index (Phi) is 4.47. The smallest absolute Gasteiger partial charge is 0.246 e. The Morgan fingerprint density at radius 1 is 1.05 bits per heavy atom. The van der Waals surface area contributed by atoms with Crippen molar-refractivity contribution in [3.8, 4) is 0 Å². The van der Waals surface area contributed by atoms with E-state index in [4.69, 9.17) is 0 Å². The first kappa shape index (κ1) is 14.9. The van der Waals surface area contributed by atoms with Crippen LogP contribution in [0.2, 0.25) is 0 Å². The summed E-state index contributed by atoms with van der Waals surface area (Å²) < 4.78 is 39.3. The fourth-order valence-electron chi connectivity index (χ4n) is 1.75. The second-order valence-electron chi connectivity index (χ2n) is 4.36. The first-order valence-electron chi connectivity index (χ1n) is 6.19. The lowest BCUT2D eigenvalue weighted by molar-refractivity contribution is -0.116. The van der Waals surface area contributed by atoms with Gasteiger partial charge >= 0.3 is 0 Å². The van der Waals surface area contributed by atoms with Gasteiger partial charge in [-0.3, -0.25) is 4.79 Å². The number of para-hydroxylation sites is 1. The van der Waals surface area contributed by atoms with E-state index in [1.165, 1.54) is 4.90 Å². The third-order valence-corrected chi connectivity index (χ3v) is 2.98. The number of amides is 1. The Labute approximate surface area is 120 Å². The standard InChI is InChI=1S/C15H13F3N2O/c1-20(10-5-3-2-4-6-10)13(21)9-19-12-8-7-11(16)14(17)15(12)18/h2-8,19H,9H2,1H3. The summed E-state index contributed by atoms with van der Waals surface area (Å²) in [6.07, 6.45) is 0. The van der Waals surface area contributed by atoms with E-state index in [0.717, 1.165) is 12.1 Å². The molecule has 0 radical (unpaired) electrons. The summed E-state index contributed by atoms with van der Waals surface area (Å²) in [6.45, 7) is -0.243. The van der Waals surface area contributed by atoms with E-state index in [2.05, 4.69) is 5.32 Å². The highest BCUT2D eigenvalue weighted by Crippen LogP contribution is 2.19. The number of benzene rings is 2. The van der Waals surface area contributed by atoms with Crippen LogP contribution in [0.4, 0.5) is 24.5 Å². The second-order valence-corrected chi connectivity index (χ2v) is 4.36. The predicted octanol–water partition coefficient (Wildman–Crippen LogP) is 3.18. The van der Waals surface area contributed by atoms with Crippen molar-refractivity contribution in [3.05, 3.63) is 59.9 Å². The Hall–Kier alpha value is -2.50. The van der Waals surface area contributed by atoms with Gasteiger partial charge in [0.15, 0.2) is 17.5 Å². The van der Waals surface area contributed by atoms with Crippen LogP contribution in [0.3, 0.4) is 0 Å². The van der Waals surface area contributed by atoms with E-state index in [-0.39, 0.29) is 18.1 Å². The van der Waals surface area contributed by atoms with Crippen LogP contribution < -0.4 is 10.2 Å². The fraction of sp³-hybridized carbons (Fsp3) is 0.133. The van der Waals surface area contributed by atoms with Crippen LogP contribution in [-0.4, -0.2) is 19.5 Å². The third-order valence-electron chi connectivity index (χ3n) is 2.98. The highest BCUT2D eigenvalue weighted by molar-refractivity contribution is 5.95. The first-order chi connectivity index (χ1) is 10.0. The van der Waals surface area contributed by atoms with Gasteiger partial charge in [0.1, 0.15) is 0 Å². The first-order valence-corrected chi connectivity index (χ1v) is 6.19. The average Bonchev–Trinajstić information content (AvgIpc) is 2.52. The molecule has 0 heterocycles. The van der Waals surface area contributed by atoms with Crippen LogP contribution in [-0.2, 0) is 4.79 Å². The summed E-state index contributed by atoms with van der Waals surface area (Å²) in [6, 6.07) is 10.7.